The van der Waals surface area contributed by atoms with Crippen molar-refractivity contribution in [3.8, 4) is 0 Å². The van der Waals surface area contributed by atoms with Crippen molar-refractivity contribution in [3.63, 3.8) is 0 Å². The van der Waals surface area contributed by atoms with Crippen molar-refractivity contribution in [2.75, 3.05) is 5.75 Å². The lowest BCUT2D eigenvalue weighted by atomic mass is 10.4. The van der Waals surface area contributed by atoms with E-state index in [4.69, 9.17) is 0 Å². The van der Waals surface area contributed by atoms with Gasteiger partial charge in [0, 0.05) is 5.75 Å². The molecule has 0 fully saturated rings. The first-order chi connectivity index (χ1) is 3.29. The normalized spacial score (nSPS) is 30.6. The minimum Gasteiger partial charge on any atom is -0.279 e. The number of hydrogen-bond acceptors (Lipinski definition) is 2. The SMILES string of the molecule is CC1=N[C@H](C)CS1. The number of thioether (sulfide) groups is 1. The summed E-state index contributed by atoms with van der Waals surface area (Å²) >= 11 is 1.86. The summed E-state index contributed by atoms with van der Waals surface area (Å²) in [6.45, 7) is 4.21. The van der Waals surface area contributed by atoms with E-state index in [1.165, 1.54) is 10.8 Å². The molecule has 2 heteroatoms. The molecule has 0 amide bonds. The minimum absolute atomic E-state index is 0.574. The van der Waals surface area contributed by atoms with Gasteiger partial charge < -0.3 is 0 Å². The van der Waals surface area contributed by atoms with Gasteiger partial charge in [0.2, 0.25) is 0 Å². The van der Waals surface area contributed by atoms with E-state index in [2.05, 4.69) is 18.8 Å². The van der Waals surface area contributed by atoms with E-state index in [9.17, 15) is 0 Å². The molecule has 0 aromatic carbocycles. The van der Waals surface area contributed by atoms with Crippen LogP contribution in [0.15, 0.2) is 4.99 Å². The third-order valence-electron chi connectivity index (χ3n) is 0.936. The van der Waals surface area contributed by atoms with Gasteiger partial charge in [0.05, 0.1) is 11.1 Å². The van der Waals surface area contributed by atoms with E-state index in [-0.39, 0.29) is 0 Å². The van der Waals surface area contributed by atoms with Crippen LogP contribution in [0.2, 0.25) is 0 Å². The molecule has 0 radical (unpaired) electrons. The topological polar surface area (TPSA) is 12.4 Å². The smallest absolute Gasteiger partial charge is 0.0649 e. The predicted octanol–water partition coefficient (Wildman–Crippen LogP) is 1.54. The summed E-state index contributed by atoms with van der Waals surface area (Å²) < 4.78 is 0. The Hall–Kier alpha value is 0.0200. The Morgan fingerprint density at radius 1 is 1.86 bits per heavy atom. The van der Waals surface area contributed by atoms with Gasteiger partial charge in [-0.05, 0) is 13.8 Å². The zero-order valence-corrected chi connectivity index (χ0v) is 5.46. The van der Waals surface area contributed by atoms with Gasteiger partial charge in [-0.15, -0.1) is 11.8 Å². The maximum absolute atomic E-state index is 4.27. The predicted molar refractivity (Wildman–Crippen MR) is 35.0 cm³/mol. The van der Waals surface area contributed by atoms with Crippen LogP contribution < -0.4 is 0 Å². The Kier molecular flexibility index (Phi) is 1.38. The van der Waals surface area contributed by atoms with Crippen LogP contribution in [-0.4, -0.2) is 16.8 Å². The van der Waals surface area contributed by atoms with Crippen molar-refractivity contribution in [1.82, 2.24) is 0 Å². The van der Waals surface area contributed by atoms with Crippen molar-refractivity contribution in [2.24, 2.45) is 4.99 Å². The first-order valence-corrected chi connectivity index (χ1v) is 3.45. The molecule has 0 spiro atoms. The minimum atomic E-state index is 0.574. The van der Waals surface area contributed by atoms with E-state index < -0.39 is 0 Å². The number of hydrogen-bond donors (Lipinski definition) is 0. The number of nitrogens with zero attached hydrogens (tertiary/aromatic N) is 1. The van der Waals surface area contributed by atoms with E-state index in [0.717, 1.165) is 0 Å². The van der Waals surface area contributed by atoms with Crippen LogP contribution in [0.1, 0.15) is 13.8 Å². The summed E-state index contributed by atoms with van der Waals surface area (Å²) in [4.78, 5) is 4.27. The zero-order chi connectivity index (χ0) is 5.28. The van der Waals surface area contributed by atoms with Gasteiger partial charge in [-0.1, -0.05) is 0 Å². The van der Waals surface area contributed by atoms with E-state index in [0.29, 0.717) is 6.04 Å². The fourth-order valence-corrected chi connectivity index (χ4v) is 1.44. The Morgan fingerprint density at radius 2 is 2.57 bits per heavy atom. The molecule has 1 aliphatic rings. The molecule has 1 nitrogen and oxygen atoms in total. The van der Waals surface area contributed by atoms with Crippen molar-refractivity contribution < 1.29 is 0 Å². The lowest BCUT2D eigenvalue weighted by molar-refractivity contribution is 0.865. The molecule has 1 aliphatic heterocycles. The van der Waals surface area contributed by atoms with Gasteiger partial charge in [-0.25, -0.2) is 0 Å². The quantitative estimate of drug-likeness (QED) is 0.466. The van der Waals surface area contributed by atoms with Crippen LogP contribution in [0.4, 0.5) is 0 Å². The Balaban J connectivity index is 2.50. The molecule has 0 N–H and O–H groups in total. The molecule has 0 aromatic rings. The van der Waals surface area contributed by atoms with Crippen molar-refractivity contribution in [1.29, 1.82) is 0 Å². The van der Waals surface area contributed by atoms with Gasteiger partial charge in [0.25, 0.3) is 0 Å². The largest absolute Gasteiger partial charge is 0.279 e. The van der Waals surface area contributed by atoms with E-state index >= 15 is 0 Å². The fourth-order valence-electron chi connectivity index (χ4n) is 0.626. The fraction of sp³-hybridized carbons (Fsp3) is 0.800. The van der Waals surface area contributed by atoms with Gasteiger partial charge in [-0.2, -0.15) is 0 Å². The molecule has 0 aromatic heterocycles. The standard InChI is InChI=1S/C5H9NS/c1-4-3-7-5(2)6-4/h4H,3H2,1-2H3/t4-/m1/s1. The van der Waals surface area contributed by atoms with Crippen molar-refractivity contribution in [2.45, 2.75) is 19.9 Å². The highest BCUT2D eigenvalue weighted by Gasteiger charge is 2.07. The molecule has 1 rings (SSSR count). The van der Waals surface area contributed by atoms with Crippen molar-refractivity contribution >= 4 is 16.8 Å². The third kappa shape index (κ3) is 1.20. The summed E-state index contributed by atoms with van der Waals surface area (Å²) in [5, 5.41) is 1.24. The van der Waals surface area contributed by atoms with Crippen LogP contribution in [0.25, 0.3) is 0 Å². The third-order valence-corrected chi connectivity index (χ3v) is 2.11. The van der Waals surface area contributed by atoms with Crippen LogP contribution in [0.5, 0.6) is 0 Å². The van der Waals surface area contributed by atoms with Crippen LogP contribution in [0.3, 0.4) is 0 Å². The van der Waals surface area contributed by atoms with E-state index in [1.54, 1.807) is 0 Å². The highest BCUT2D eigenvalue weighted by Crippen LogP contribution is 2.15. The van der Waals surface area contributed by atoms with Crippen LogP contribution in [0, 0.1) is 0 Å². The van der Waals surface area contributed by atoms with Crippen molar-refractivity contribution in [3.05, 3.63) is 0 Å². The average molecular weight is 115 g/mol. The summed E-state index contributed by atoms with van der Waals surface area (Å²) in [7, 11) is 0. The van der Waals surface area contributed by atoms with Gasteiger partial charge in [0.1, 0.15) is 0 Å². The molecule has 40 valence electrons. The van der Waals surface area contributed by atoms with Gasteiger partial charge >= 0.3 is 0 Å². The average Bonchev–Trinajstić information content (AvgIpc) is 1.87. The molecule has 7 heavy (non-hydrogen) atoms. The Morgan fingerprint density at radius 3 is 2.71 bits per heavy atom. The molecule has 1 heterocycles. The van der Waals surface area contributed by atoms with Gasteiger partial charge in [-0.3, -0.25) is 4.99 Å². The molecule has 0 saturated heterocycles. The monoisotopic (exact) mass is 115 g/mol. The highest BCUT2D eigenvalue weighted by molar-refractivity contribution is 8.14. The first-order valence-electron chi connectivity index (χ1n) is 2.46. The summed E-state index contributed by atoms with van der Waals surface area (Å²) in [5.41, 5.74) is 0. The first kappa shape index (κ1) is 5.16. The molecule has 0 saturated carbocycles. The van der Waals surface area contributed by atoms with Crippen LogP contribution in [-0.2, 0) is 0 Å². The molecule has 0 unspecified atom stereocenters. The molecule has 1 atom stereocenters. The summed E-state index contributed by atoms with van der Waals surface area (Å²) in [5.74, 6) is 1.19. The van der Waals surface area contributed by atoms with Gasteiger partial charge in [0.15, 0.2) is 0 Å². The van der Waals surface area contributed by atoms with E-state index in [1.807, 2.05) is 11.8 Å². The lowest BCUT2D eigenvalue weighted by Crippen LogP contribution is -1.92. The second-order valence-corrected chi connectivity index (χ2v) is 3.02. The zero-order valence-electron chi connectivity index (χ0n) is 4.64. The number of aliphatic imine (C=N–C) groups is 1. The highest BCUT2D eigenvalue weighted by atomic mass is 32.2. The summed E-state index contributed by atoms with van der Waals surface area (Å²) in [6, 6.07) is 0.574. The second kappa shape index (κ2) is 1.86. The Bertz CT molecular complexity index is 98.3. The maximum Gasteiger partial charge on any atom is 0.0649 e. The molecular formula is C5H9NS. The summed E-state index contributed by atoms with van der Waals surface area (Å²) in [6.07, 6.45) is 0. The second-order valence-electron chi connectivity index (χ2n) is 1.81. The maximum atomic E-state index is 4.27. The van der Waals surface area contributed by atoms with Crippen LogP contribution >= 0.6 is 11.8 Å². The molecule has 0 aliphatic carbocycles. The lowest BCUT2D eigenvalue weighted by Gasteiger charge is -1.87. The molecular weight excluding hydrogens is 106 g/mol. The number of rotatable bonds is 0. The Labute approximate surface area is 48.2 Å². The molecule has 0 bridgehead atoms.